The van der Waals surface area contributed by atoms with Gasteiger partial charge in [0.05, 0.1) is 18.5 Å². The lowest BCUT2D eigenvalue weighted by molar-refractivity contribution is -0.0521. The minimum Gasteiger partial charge on any atom is -0.453 e. The third kappa shape index (κ3) is 4.48. The van der Waals surface area contributed by atoms with Gasteiger partial charge in [-0.05, 0) is 16.8 Å². The van der Waals surface area contributed by atoms with Crippen molar-refractivity contribution >= 4 is 41.5 Å². The van der Waals surface area contributed by atoms with Crippen LogP contribution in [0.1, 0.15) is 16.6 Å². The van der Waals surface area contributed by atoms with Crippen LogP contribution in [0.5, 0.6) is 0 Å². The molecule has 35 heavy (non-hydrogen) atoms. The van der Waals surface area contributed by atoms with Crippen LogP contribution in [0, 0.1) is 0 Å². The summed E-state index contributed by atoms with van der Waals surface area (Å²) in [5.41, 5.74) is 6.59. The van der Waals surface area contributed by atoms with Gasteiger partial charge in [-0.1, -0.05) is 36.4 Å². The molecule has 14 heteroatoms. The third-order valence-electron chi connectivity index (χ3n) is 5.63. The SMILES string of the molecule is Nc1ncnc2c1ncn2[C@@H]1O[C@H](COP(=O)(O)O)[C@@H](OC(=O)c2cccc3ccccc23)[C@H]1O. The second kappa shape index (κ2) is 8.96. The summed E-state index contributed by atoms with van der Waals surface area (Å²) in [6, 6.07) is 12.3. The molecule has 4 aromatic rings. The van der Waals surface area contributed by atoms with Gasteiger partial charge in [0.2, 0.25) is 0 Å². The molecular weight excluding hydrogens is 481 g/mol. The molecule has 2 aromatic carbocycles. The number of aliphatic hydroxyl groups is 1. The van der Waals surface area contributed by atoms with Crippen LogP contribution in [0.2, 0.25) is 0 Å². The van der Waals surface area contributed by atoms with Crippen molar-refractivity contribution in [1.82, 2.24) is 19.5 Å². The van der Waals surface area contributed by atoms with Crippen molar-refractivity contribution in [3.05, 3.63) is 60.7 Å². The lowest BCUT2D eigenvalue weighted by atomic mass is 10.0. The van der Waals surface area contributed by atoms with E-state index in [0.717, 1.165) is 5.39 Å². The Balaban J connectivity index is 1.47. The van der Waals surface area contributed by atoms with Gasteiger partial charge in [0.1, 0.15) is 24.1 Å². The van der Waals surface area contributed by atoms with E-state index in [-0.39, 0.29) is 22.5 Å². The minimum absolute atomic E-state index is 0.113. The zero-order chi connectivity index (χ0) is 24.7. The van der Waals surface area contributed by atoms with Crippen LogP contribution in [0.4, 0.5) is 5.82 Å². The summed E-state index contributed by atoms with van der Waals surface area (Å²) in [6.07, 6.45) is -2.67. The first-order chi connectivity index (χ1) is 16.7. The molecule has 1 saturated heterocycles. The lowest BCUT2D eigenvalue weighted by Gasteiger charge is -2.21. The van der Waals surface area contributed by atoms with Gasteiger partial charge in [0.15, 0.2) is 23.8 Å². The summed E-state index contributed by atoms with van der Waals surface area (Å²) >= 11 is 0. The Bertz CT molecular complexity index is 1450. The molecule has 0 bridgehead atoms. The van der Waals surface area contributed by atoms with E-state index in [1.165, 1.54) is 17.2 Å². The first-order valence-corrected chi connectivity index (χ1v) is 11.9. The van der Waals surface area contributed by atoms with Crippen LogP contribution < -0.4 is 5.73 Å². The summed E-state index contributed by atoms with van der Waals surface area (Å²) in [5.74, 6) is -0.639. The molecule has 0 saturated carbocycles. The van der Waals surface area contributed by atoms with Crippen LogP contribution >= 0.6 is 7.82 Å². The summed E-state index contributed by atoms with van der Waals surface area (Å²) in [7, 11) is -4.87. The van der Waals surface area contributed by atoms with Gasteiger partial charge in [0, 0.05) is 0 Å². The number of phosphoric ester groups is 1. The Morgan fingerprint density at radius 2 is 1.91 bits per heavy atom. The third-order valence-corrected chi connectivity index (χ3v) is 6.12. The molecule has 1 fully saturated rings. The summed E-state index contributed by atoms with van der Waals surface area (Å²) < 4.78 is 28.7. The highest BCUT2D eigenvalue weighted by molar-refractivity contribution is 7.46. The van der Waals surface area contributed by atoms with Crippen molar-refractivity contribution in [2.75, 3.05) is 12.3 Å². The number of nitrogens with two attached hydrogens (primary N) is 1. The molecule has 5 rings (SSSR count). The number of anilines is 1. The first kappa shape index (κ1) is 23.3. The predicted molar refractivity (Wildman–Crippen MR) is 121 cm³/mol. The zero-order valence-electron chi connectivity index (χ0n) is 17.9. The Kier molecular flexibility index (Phi) is 5.97. The molecule has 0 aliphatic carbocycles. The minimum atomic E-state index is -4.87. The number of hydrogen-bond donors (Lipinski definition) is 4. The van der Waals surface area contributed by atoms with Gasteiger partial charge in [0.25, 0.3) is 0 Å². The summed E-state index contributed by atoms with van der Waals surface area (Å²) in [6.45, 7) is -0.658. The number of aliphatic hydroxyl groups excluding tert-OH is 1. The molecule has 4 atom stereocenters. The van der Waals surface area contributed by atoms with E-state index in [1.54, 1.807) is 24.3 Å². The van der Waals surface area contributed by atoms with Gasteiger partial charge in [-0.25, -0.2) is 24.3 Å². The maximum Gasteiger partial charge on any atom is 0.469 e. The highest BCUT2D eigenvalue weighted by atomic mass is 31.2. The average Bonchev–Trinajstić information content (AvgIpc) is 3.39. The predicted octanol–water partition coefficient (Wildman–Crippen LogP) is 1.15. The Labute approximate surface area is 197 Å². The fraction of sp³-hybridized carbons (Fsp3) is 0.238. The molecule has 5 N–H and O–H groups in total. The van der Waals surface area contributed by atoms with Gasteiger partial charge in [-0.3, -0.25) is 9.09 Å². The lowest BCUT2D eigenvalue weighted by Crippen LogP contribution is -2.38. The molecule has 0 amide bonds. The fourth-order valence-corrected chi connectivity index (χ4v) is 4.39. The van der Waals surface area contributed by atoms with Crippen LogP contribution in [0.3, 0.4) is 0 Å². The second-order valence-electron chi connectivity index (χ2n) is 7.82. The molecule has 1 aliphatic rings. The number of benzene rings is 2. The largest absolute Gasteiger partial charge is 0.469 e. The fourth-order valence-electron chi connectivity index (χ4n) is 4.05. The van der Waals surface area contributed by atoms with Crippen LogP contribution in [0.15, 0.2) is 55.1 Å². The smallest absolute Gasteiger partial charge is 0.453 e. The summed E-state index contributed by atoms with van der Waals surface area (Å²) in [5, 5.41) is 12.5. The number of aromatic nitrogens is 4. The quantitative estimate of drug-likeness (QED) is 0.218. The van der Waals surface area contributed by atoms with E-state index >= 15 is 0 Å². The highest BCUT2D eigenvalue weighted by Gasteiger charge is 2.48. The number of hydrogen-bond acceptors (Lipinski definition) is 10. The molecule has 0 spiro atoms. The van der Waals surface area contributed by atoms with Crippen LogP contribution in [-0.2, 0) is 18.6 Å². The van der Waals surface area contributed by atoms with Gasteiger partial charge < -0.3 is 30.1 Å². The molecule has 182 valence electrons. The molecular formula is C21H20N5O8P. The van der Waals surface area contributed by atoms with Gasteiger partial charge in [-0.2, -0.15) is 0 Å². The second-order valence-corrected chi connectivity index (χ2v) is 9.06. The Hall–Kier alpha value is -3.45. The summed E-state index contributed by atoms with van der Waals surface area (Å²) in [4.78, 5) is 43.5. The maximum atomic E-state index is 13.1. The first-order valence-electron chi connectivity index (χ1n) is 10.4. The average molecular weight is 501 g/mol. The van der Waals surface area contributed by atoms with Crippen molar-refractivity contribution < 1.29 is 38.3 Å². The Morgan fingerprint density at radius 3 is 2.71 bits per heavy atom. The van der Waals surface area contributed by atoms with Crippen molar-refractivity contribution in [3.63, 3.8) is 0 Å². The number of nitrogen functional groups attached to an aromatic ring is 1. The number of nitrogens with zero attached hydrogens (tertiary/aromatic N) is 4. The number of carbonyl (C=O) groups excluding carboxylic acids is 1. The standard InChI is InChI=1S/C21H20N5O8P/c22-18-15-19(24-9-23-18)26(10-25-15)20-16(27)17(14(33-20)8-32-35(29,30)31)34-21(28)13-7-3-5-11-4-1-2-6-12(11)13/h1-7,9-10,14,16-17,20,27H,8H2,(H2,22,23,24)(H2,29,30,31)/t14-,16-,17-,20-/m1/s1. The number of carbonyl (C=O) groups is 1. The number of rotatable bonds is 6. The zero-order valence-corrected chi connectivity index (χ0v) is 18.8. The van der Waals surface area contributed by atoms with Crippen molar-refractivity contribution in [3.8, 4) is 0 Å². The molecule has 1 aliphatic heterocycles. The van der Waals surface area contributed by atoms with E-state index in [0.29, 0.717) is 5.39 Å². The normalized spacial score (nSPS) is 22.6. The van der Waals surface area contributed by atoms with E-state index in [4.69, 9.17) is 25.0 Å². The van der Waals surface area contributed by atoms with E-state index in [1.807, 2.05) is 18.2 Å². The number of fused-ring (bicyclic) bond motifs is 2. The number of phosphoric acid groups is 1. The molecule has 2 aromatic heterocycles. The molecule has 0 unspecified atom stereocenters. The van der Waals surface area contributed by atoms with Crippen molar-refractivity contribution in [1.29, 1.82) is 0 Å². The van der Waals surface area contributed by atoms with E-state index in [9.17, 15) is 14.5 Å². The topological polar surface area (TPSA) is 192 Å². The number of imidazole rings is 1. The molecule has 3 heterocycles. The van der Waals surface area contributed by atoms with E-state index < -0.39 is 44.9 Å². The van der Waals surface area contributed by atoms with Crippen molar-refractivity contribution in [2.24, 2.45) is 0 Å². The molecule has 0 radical (unpaired) electrons. The van der Waals surface area contributed by atoms with Gasteiger partial charge in [-0.15, -0.1) is 0 Å². The number of esters is 1. The molecule has 13 nitrogen and oxygen atoms in total. The van der Waals surface area contributed by atoms with Crippen molar-refractivity contribution in [2.45, 2.75) is 24.5 Å². The Morgan fingerprint density at radius 1 is 1.14 bits per heavy atom. The maximum absolute atomic E-state index is 13.1. The van der Waals surface area contributed by atoms with E-state index in [2.05, 4.69) is 19.5 Å². The highest BCUT2D eigenvalue weighted by Crippen LogP contribution is 2.40. The van der Waals surface area contributed by atoms with Crippen LogP contribution in [-0.4, -0.2) is 65.3 Å². The van der Waals surface area contributed by atoms with Gasteiger partial charge >= 0.3 is 13.8 Å². The number of ether oxygens (including phenoxy) is 2. The monoisotopic (exact) mass is 501 g/mol. The van der Waals surface area contributed by atoms with Crippen LogP contribution in [0.25, 0.3) is 21.9 Å².